The van der Waals surface area contributed by atoms with Crippen molar-refractivity contribution in [3.63, 3.8) is 0 Å². The minimum atomic E-state index is -0.641. The van der Waals surface area contributed by atoms with Gasteiger partial charge in [0.2, 0.25) is 0 Å². The Kier molecular flexibility index (Phi) is 4.10. The van der Waals surface area contributed by atoms with Crippen molar-refractivity contribution in [2.45, 2.75) is 31.8 Å². The quantitative estimate of drug-likeness (QED) is 0.858. The lowest BCUT2D eigenvalue weighted by atomic mass is 9.98. The maximum absolute atomic E-state index is 12.5. The van der Waals surface area contributed by atoms with Crippen LogP contribution in [0.3, 0.4) is 0 Å². The number of benzene rings is 1. The molecule has 0 aliphatic carbocycles. The fourth-order valence-electron chi connectivity index (χ4n) is 2.52. The normalized spacial score (nSPS) is 23.8. The Morgan fingerprint density at radius 2 is 2.05 bits per heavy atom. The highest BCUT2D eigenvalue weighted by atomic mass is 16.3. The lowest BCUT2D eigenvalue weighted by Gasteiger charge is -2.23. The monoisotopic (exact) mass is 262 g/mol. The van der Waals surface area contributed by atoms with Gasteiger partial charge in [-0.1, -0.05) is 12.1 Å². The summed E-state index contributed by atoms with van der Waals surface area (Å²) in [6, 6.07) is 7.54. The van der Waals surface area contributed by atoms with E-state index >= 15 is 0 Å². The van der Waals surface area contributed by atoms with Gasteiger partial charge in [0.05, 0.1) is 11.2 Å². The van der Waals surface area contributed by atoms with E-state index in [2.05, 4.69) is 5.32 Å². The average molecular weight is 262 g/mol. The smallest absolute Gasteiger partial charge is 0.255 e. The number of nitrogens with zero attached hydrogens (tertiary/aromatic N) is 1. The molecule has 1 aliphatic rings. The number of anilines is 1. The van der Waals surface area contributed by atoms with Crippen molar-refractivity contribution < 1.29 is 9.90 Å². The van der Waals surface area contributed by atoms with Gasteiger partial charge in [0.1, 0.15) is 0 Å². The van der Waals surface area contributed by atoms with Crippen LogP contribution in [0.25, 0.3) is 0 Å². The molecule has 1 saturated heterocycles. The Morgan fingerprint density at radius 1 is 1.32 bits per heavy atom. The highest BCUT2D eigenvalue weighted by Gasteiger charge is 2.28. The number of nitrogens with one attached hydrogen (secondary N) is 1. The third-order valence-electron chi connectivity index (χ3n) is 3.78. The Balaban J connectivity index is 2.15. The maximum atomic E-state index is 12.5. The zero-order valence-corrected chi connectivity index (χ0v) is 11.6. The Bertz CT molecular complexity index is 457. The molecular formula is C15H22N2O2. The number of amides is 1. The van der Waals surface area contributed by atoms with Crippen molar-refractivity contribution in [3.05, 3.63) is 29.8 Å². The fraction of sp³-hybridized carbons (Fsp3) is 0.533. The number of rotatable bonds is 2. The van der Waals surface area contributed by atoms with E-state index in [9.17, 15) is 9.90 Å². The highest BCUT2D eigenvalue weighted by molar-refractivity contribution is 5.99. The van der Waals surface area contributed by atoms with Crippen LogP contribution in [-0.2, 0) is 0 Å². The second-order valence-electron chi connectivity index (χ2n) is 5.44. The van der Waals surface area contributed by atoms with Gasteiger partial charge in [0.25, 0.3) is 5.91 Å². The number of hydrogen-bond acceptors (Lipinski definition) is 3. The lowest BCUT2D eigenvalue weighted by molar-refractivity contribution is 0.0438. The van der Waals surface area contributed by atoms with Crippen molar-refractivity contribution in [2.75, 3.05) is 25.5 Å². The lowest BCUT2D eigenvalue weighted by Crippen LogP contribution is -2.33. The maximum Gasteiger partial charge on any atom is 0.255 e. The van der Waals surface area contributed by atoms with Crippen molar-refractivity contribution in [1.82, 2.24) is 4.90 Å². The topological polar surface area (TPSA) is 52.6 Å². The van der Waals surface area contributed by atoms with Crippen LogP contribution in [0.15, 0.2) is 24.3 Å². The summed E-state index contributed by atoms with van der Waals surface area (Å²) in [5, 5.41) is 13.1. The number of aliphatic hydroxyl groups is 1. The summed E-state index contributed by atoms with van der Waals surface area (Å²) >= 11 is 0. The molecule has 0 spiro atoms. The van der Waals surface area contributed by atoms with Gasteiger partial charge in [-0.05, 0) is 38.3 Å². The number of carbonyl (C=O) groups is 1. The van der Waals surface area contributed by atoms with Crippen molar-refractivity contribution in [2.24, 2.45) is 0 Å². The molecule has 0 radical (unpaired) electrons. The van der Waals surface area contributed by atoms with E-state index < -0.39 is 5.60 Å². The van der Waals surface area contributed by atoms with E-state index in [1.54, 1.807) is 0 Å². The first-order valence-electron chi connectivity index (χ1n) is 6.82. The number of likely N-dealkylation sites (tertiary alicyclic amines) is 1. The molecule has 2 N–H and O–H groups in total. The van der Waals surface area contributed by atoms with E-state index in [4.69, 9.17) is 0 Å². The van der Waals surface area contributed by atoms with Gasteiger partial charge < -0.3 is 15.3 Å². The van der Waals surface area contributed by atoms with Crippen LogP contribution >= 0.6 is 0 Å². The predicted octanol–water partition coefficient (Wildman–Crippen LogP) is 2.11. The summed E-state index contributed by atoms with van der Waals surface area (Å²) in [5.41, 5.74) is 0.910. The molecule has 4 heteroatoms. The molecule has 1 aromatic carbocycles. The van der Waals surface area contributed by atoms with E-state index in [1.807, 2.05) is 43.1 Å². The van der Waals surface area contributed by atoms with Crippen LogP contribution in [0, 0.1) is 0 Å². The third kappa shape index (κ3) is 3.26. The standard InChI is InChI=1S/C15H22N2O2/c1-15(19)8-5-10-17(11-9-15)14(18)12-6-3-4-7-13(12)16-2/h3-4,6-7,16,19H,5,8-11H2,1-2H3. The molecule has 0 saturated carbocycles. The molecule has 1 unspecified atom stereocenters. The molecule has 0 bridgehead atoms. The van der Waals surface area contributed by atoms with E-state index in [0.29, 0.717) is 25.1 Å². The van der Waals surface area contributed by atoms with Crippen molar-refractivity contribution in [1.29, 1.82) is 0 Å². The minimum Gasteiger partial charge on any atom is -0.390 e. The zero-order valence-electron chi connectivity index (χ0n) is 11.6. The highest BCUT2D eigenvalue weighted by Crippen LogP contribution is 2.24. The largest absolute Gasteiger partial charge is 0.390 e. The number of hydrogen-bond donors (Lipinski definition) is 2. The molecule has 1 aromatic rings. The Hall–Kier alpha value is -1.55. The molecule has 1 amide bonds. The molecule has 1 atom stereocenters. The average Bonchev–Trinajstić information content (AvgIpc) is 2.59. The van der Waals surface area contributed by atoms with Gasteiger partial charge in [0, 0.05) is 25.8 Å². The zero-order chi connectivity index (χ0) is 13.9. The Labute approximate surface area is 114 Å². The van der Waals surface area contributed by atoms with E-state index in [0.717, 1.165) is 18.5 Å². The third-order valence-corrected chi connectivity index (χ3v) is 3.78. The number of para-hydroxylation sites is 1. The first kappa shape index (κ1) is 13.9. The van der Waals surface area contributed by atoms with Crippen LogP contribution in [-0.4, -0.2) is 41.7 Å². The van der Waals surface area contributed by atoms with E-state index in [1.165, 1.54) is 0 Å². The van der Waals surface area contributed by atoms with Crippen LogP contribution in [0.2, 0.25) is 0 Å². The molecule has 1 fully saturated rings. The minimum absolute atomic E-state index is 0.0441. The van der Waals surface area contributed by atoms with Gasteiger partial charge in [-0.25, -0.2) is 0 Å². The van der Waals surface area contributed by atoms with Crippen LogP contribution < -0.4 is 5.32 Å². The van der Waals surface area contributed by atoms with Gasteiger partial charge in [-0.3, -0.25) is 4.79 Å². The van der Waals surface area contributed by atoms with Gasteiger partial charge in [-0.2, -0.15) is 0 Å². The van der Waals surface area contributed by atoms with Gasteiger partial charge in [0.15, 0.2) is 0 Å². The van der Waals surface area contributed by atoms with Crippen LogP contribution in [0.5, 0.6) is 0 Å². The predicted molar refractivity (Wildman–Crippen MR) is 76.4 cm³/mol. The molecular weight excluding hydrogens is 240 g/mol. The van der Waals surface area contributed by atoms with Crippen molar-refractivity contribution in [3.8, 4) is 0 Å². The summed E-state index contributed by atoms with van der Waals surface area (Å²) in [7, 11) is 1.82. The summed E-state index contributed by atoms with van der Waals surface area (Å²) in [6.45, 7) is 3.18. The number of carbonyl (C=O) groups excluding carboxylic acids is 1. The fourth-order valence-corrected chi connectivity index (χ4v) is 2.52. The van der Waals surface area contributed by atoms with Crippen molar-refractivity contribution >= 4 is 11.6 Å². The first-order valence-corrected chi connectivity index (χ1v) is 6.82. The first-order chi connectivity index (χ1) is 9.03. The molecule has 1 aliphatic heterocycles. The molecule has 104 valence electrons. The van der Waals surface area contributed by atoms with Crippen LogP contribution in [0.1, 0.15) is 36.5 Å². The second kappa shape index (κ2) is 5.61. The molecule has 4 nitrogen and oxygen atoms in total. The van der Waals surface area contributed by atoms with Crippen LogP contribution in [0.4, 0.5) is 5.69 Å². The summed E-state index contributed by atoms with van der Waals surface area (Å²) in [6.07, 6.45) is 2.24. The molecule has 1 heterocycles. The Morgan fingerprint density at radius 3 is 2.79 bits per heavy atom. The summed E-state index contributed by atoms with van der Waals surface area (Å²) < 4.78 is 0. The van der Waals surface area contributed by atoms with Gasteiger partial charge >= 0.3 is 0 Å². The summed E-state index contributed by atoms with van der Waals surface area (Å²) in [5.74, 6) is 0.0441. The van der Waals surface area contributed by atoms with E-state index in [-0.39, 0.29) is 5.91 Å². The van der Waals surface area contributed by atoms with Gasteiger partial charge in [-0.15, -0.1) is 0 Å². The second-order valence-corrected chi connectivity index (χ2v) is 5.44. The molecule has 19 heavy (non-hydrogen) atoms. The molecule has 0 aromatic heterocycles. The summed E-state index contributed by atoms with van der Waals surface area (Å²) in [4.78, 5) is 14.4. The SMILES string of the molecule is CNc1ccccc1C(=O)N1CCCC(C)(O)CC1. The molecule has 2 rings (SSSR count).